The Hall–Kier alpha value is -3.81. The van der Waals surface area contributed by atoms with Gasteiger partial charge < -0.3 is 25.2 Å². The van der Waals surface area contributed by atoms with Crippen molar-refractivity contribution < 1.29 is 29.0 Å². The summed E-state index contributed by atoms with van der Waals surface area (Å²) in [6.07, 6.45) is 1.57. The third-order valence-corrected chi connectivity index (χ3v) is 3.46. The Labute approximate surface area is 155 Å². The number of para-hydroxylation sites is 1. The number of nitrogens with one attached hydrogen (secondary N) is 2. The van der Waals surface area contributed by atoms with Crippen molar-refractivity contribution >= 4 is 29.2 Å². The zero-order valence-electron chi connectivity index (χ0n) is 14.7. The molecule has 2 aromatic carbocycles. The van der Waals surface area contributed by atoms with Crippen LogP contribution < -0.4 is 20.1 Å². The molecular weight excluding hydrogens is 352 g/mol. The Morgan fingerprint density at radius 1 is 0.926 bits per heavy atom. The number of hydrogen-bond acceptors (Lipinski definition) is 5. The fourth-order valence-electron chi connectivity index (χ4n) is 2.20. The molecule has 0 aromatic heterocycles. The Morgan fingerprint density at radius 2 is 1.67 bits per heavy atom. The highest BCUT2D eigenvalue weighted by atomic mass is 16.5. The standard InChI is InChI=1S/C19H18N2O6/c1-26-12-7-8-15(16(11-12)27-2)21-19(25)13-5-3-4-6-14(13)20-17(22)9-10-18(23)24/h3-11H,1-2H3,(H,20,22)(H,21,25)(H,23,24)/b10-9-. The molecule has 0 unspecified atom stereocenters. The van der Waals surface area contributed by atoms with Gasteiger partial charge in [0.1, 0.15) is 11.5 Å². The van der Waals surface area contributed by atoms with Crippen LogP contribution in [0.5, 0.6) is 11.5 Å². The number of methoxy groups -OCH3 is 2. The molecule has 8 nitrogen and oxygen atoms in total. The van der Waals surface area contributed by atoms with E-state index >= 15 is 0 Å². The molecule has 27 heavy (non-hydrogen) atoms. The van der Waals surface area contributed by atoms with Gasteiger partial charge in [-0.2, -0.15) is 0 Å². The molecule has 0 saturated carbocycles. The number of aliphatic carboxylic acids is 1. The second-order valence-corrected chi connectivity index (χ2v) is 5.23. The number of rotatable bonds is 7. The van der Waals surface area contributed by atoms with E-state index in [4.69, 9.17) is 14.6 Å². The first kappa shape index (κ1) is 19.5. The summed E-state index contributed by atoms with van der Waals surface area (Å²) in [7, 11) is 2.98. The SMILES string of the molecule is COc1ccc(NC(=O)c2ccccc2NC(=O)/C=C\C(=O)O)c(OC)c1. The van der Waals surface area contributed by atoms with Gasteiger partial charge in [-0.1, -0.05) is 12.1 Å². The maximum atomic E-state index is 12.6. The van der Waals surface area contributed by atoms with Crippen molar-refractivity contribution in [1.82, 2.24) is 0 Å². The van der Waals surface area contributed by atoms with Crippen LogP contribution in [-0.2, 0) is 9.59 Å². The van der Waals surface area contributed by atoms with Crippen LogP contribution in [0.3, 0.4) is 0 Å². The number of carboxylic acid groups (broad SMARTS) is 1. The fourth-order valence-corrected chi connectivity index (χ4v) is 2.20. The van der Waals surface area contributed by atoms with Gasteiger partial charge in [0.25, 0.3) is 5.91 Å². The summed E-state index contributed by atoms with van der Waals surface area (Å²) in [4.78, 5) is 34.9. The van der Waals surface area contributed by atoms with Crippen LogP contribution in [0, 0.1) is 0 Å². The number of anilines is 2. The lowest BCUT2D eigenvalue weighted by Gasteiger charge is -2.13. The lowest BCUT2D eigenvalue weighted by Crippen LogP contribution is -2.17. The Kier molecular flexibility index (Phi) is 6.54. The topological polar surface area (TPSA) is 114 Å². The number of carbonyl (C=O) groups excluding carboxylic acids is 2. The van der Waals surface area contributed by atoms with Crippen molar-refractivity contribution in [1.29, 1.82) is 0 Å². The summed E-state index contributed by atoms with van der Waals surface area (Å²) in [5.74, 6) is -1.41. The molecule has 0 aliphatic heterocycles. The summed E-state index contributed by atoms with van der Waals surface area (Å²) in [6.45, 7) is 0. The van der Waals surface area contributed by atoms with E-state index in [0.717, 1.165) is 6.08 Å². The van der Waals surface area contributed by atoms with Crippen molar-refractivity contribution in [3.63, 3.8) is 0 Å². The molecule has 0 aliphatic carbocycles. The van der Waals surface area contributed by atoms with Gasteiger partial charge in [-0.15, -0.1) is 0 Å². The van der Waals surface area contributed by atoms with Crippen LogP contribution in [0.4, 0.5) is 11.4 Å². The molecule has 3 N–H and O–H groups in total. The van der Waals surface area contributed by atoms with Gasteiger partial charge in [0.15, 0.2) is 0 Å². The molecule has 2 rings (SSSR count). The highest BCUT2D eigenvalue weighted by molar-refractivity contribution is 6.12. The van der Waals surface area contributed by atoms with Gasteiger partial charge in [0.05, 0.1) is 31.2 Å². The normalized spacial score (nSPS) is 10.3. The van der Waals surface area contributed by atoms with Crippen LogP contribution in [0.2, 0.25) is 0 Å². The van der Waals surface area contributed by atoms with Crippen molar-refractivity contribution in [3.05, 3.63) is 60.2 Å². The van der Waals surface area contributed by atoms with E-state index in [2.05, 4.69) is 10.6 Å². The number of amides is 2. The molecule has 0 radical (unpaired) electrons. The van der Waals surface area contributed by atoms with Crippen LogP contribution >= 0.6 is 0 Å². The molecule has 0 saturated heterocycles. The maximum absolute atomic E-state index is 12.6. The fraction of sp³-hybridized carbons (Fsp3) is 0.105. The quantitative estimate of drug-likeness (QED) is 0.646. The third kappa shape index (κ3) is 5.33. The van der Waals surface area contributed by atoms with E-state index in [1.807, 2.05) is 0 Å². The first-order chi connectivity index (χ1) is 12.9. The monoisotopic (exact) mass is 370 g/mol. The predicted octanol–water partition coefficient (Wildman–Crippen LogP) is 2.54. The predicted molar refractivity (Wildman–Crippen MR) is 99.3 cm³/mol. The highest BCUT2D eigenvalue weighted by Crippen LogP contribution is 2.30. The van der Waals surface area contributed by atoms with E-state index in [0.29, 0.717) is 23.3 Å². The summed E-state index contributed by atoms with van der Waals surface area (Å²) in [5.41, 5.74) is 0.866. The smallest absolute Gasteiger partial charge is 0.328 e. The average Bonchev–Trinajstić information content (AvgIpc) is 2.67. The average molecular weight is 370 g/mol. The maximum Gasteiger partial charge on any atom is 0.328 e. The molecule has 0 bridgehead atoms. The van der Waals surface area contributed by atoms with E-state index in [-0.39, 0.29) is 11.3 Å². The zero-order valence-corrected chi connectivity index (χ0v) is 14.7. The second kappa shape index (κ2) is 9.04. The second-order valence-electron chi connectivity index (χ2n) is 5.23. The first-order valence-corrected chi connectivity index (χ1v) is 7.79. The Balaban J connectivity index is 2.22. The molecule has 8 heteroatoms. The highest BCUT2D eigenvalue weighted by Gasteiger charge is 2.15. The Morgan fingerprint density at radius 3 is 2.33 bits per heavy atom. The number of ether oxygens (including phenoxy) is 2. The number of carbonyl (C=O) groups is 3. The zero-order chi connectivity index (χ0) is 19.8. The summed E-state index contributed by atoms with van der Waals surface area (Å²) >= 11 is 0. The molecule has 2 amide bonds. The minimum absolute atomic E-state index is 0.201. The summed E-state index contributed by atoms with van der Waals surface area (Å²) in [5, 5.41) is 13.8. The molecule has 140 valence electrons. The van der Waals surface area contributed by atoms with Gasteiger partial charge in [-0.25, -0.2) is 4.79 Å². The minimum Gasteiger partial charge on any atom is -0.497 e. The molecule has 0 heterocycles. The summed E-state index contributed by atoms with van der Waals surface area (Å²) < 4.78 is 10.4. The van der Waals surface area contributed by atoms with Gasteiger partial charge >= 0.3 is 5.97 Å². The third-order valence-electron chi connectivity index (χ3n) is 3.46. The van der Waals surface area contributed by atoms with Crippen molar-refractivity contribution in [3.8, 4) is 11.5 Å². The lowest BCUT2D eigenvalue weighted by molar-refractivity contribution is -0.131. The van der Waals surface area contributed by atoms with Crippen molar-refractivity contribution in [2.24, 2.45) is 0 Å². The number of benzene rings is 2. The van der Waals surface area contributed by atoms with Crippen molar-refractivity contribution in [2.75, 3.05) is 24.9 Å². The largest absolute Gasteiger partial charge is 0.497 e. The molecule has 0 fully saturated rings. The van der Waals surface area contributed by atoms with E-state index in [1.165, 1.54) is 26.4 Å². The number of hydrogen-bond donors (Lipinski definition) is 3. The van der Waals surface area contributed by atoms with E-state index < -0.39 is 17.8 Å². The van der Waals surface area contributed by atoms with Crippen LogP contribution in [-0.4, -0.2) is 37.1 Å². The molecule has 0 aliphatic rings. The van der Waals surface area contributed by atoms with E-state index in [9.17, 15) is 14.4 Å². The Bertz CT molecular complexity index is 892. The summed E-state index contributed by atoms with van der Waals surface area (Å²) in [6, 6.07) is 11.3. The van der Waals surface area contributed by atoms with Gasteiger partial charge in [0.2, 0.25) is 5.91 Å². The minimum atomic E-state index is -1.25. The molecular formula is C19H18N2O6. The van der Waals surface area contributed by atoms with Crippen LogP contribution in [0.1, 0.15) is 10.4 Å². The molecule has 2 aromatic rings. The lowest BCUT2D eigenvalue weighted by atomic mass is 10.1. The number of carboxylic acids is 1. The molecule has 0 atom stereocenters. The first-order valence-electron chi connectivity index (χ1n) is 7.79. The van der Waals surface area contributed by atoms with E-state index in [1.54, 1.807) is 30.3 Å². The van der Waals surface area contributed by atoms with Gasteiger partial charge in [-0.3, -0.25) is 9.59 Å². The van der Waals surface area contributed by atoms with Crippen LogP contribution in [0.15, 0.2) is 54.6 Å². The van der Waals surface area contributed by atoms with Crippen molar-refractivity contribution in [2.45, 2.75) is 0 Å². The molecule has 0 spiro atoms. The van der Waals surface area contributed by atoms with Gasteiger partial charge in [-0.05, 0) is 24.3 Å². The van der Waals surface area contributed by atoms with Gasteiger partial charge in [0, 0.05) is 18.2 Å². The van der Waals surface area contributed by atoms with Crippen LogP contribution in [0.25, 0.3) is 0 Å².